The minimum atomic E-state index is -0.792. The topological polar surface area (TPSA) is 60.9 Å². The van der Waals surface area contributed by atoms with Crippen LogP contribution in [0.5, 0.6) is 0 Å². The monoisotopic (exact) mass is 358 g/mol. The van der Waals surface area contributed by atoms with Gasteiger partial charge in [-0.3, -0.25) is 14.5 Å². The summed E-state index contributed by atoms with van der Waals surface area (Å²) in [6, 6.07) is 4.09. The smallest absolute Gasteiger partial charge is 0.317 e. The van der Waals surface area contributed by atoms with Gasteiger partial charge in [-0.2, -0.15) is 0 Å². The first-order chi connectivity index (χ1) is 11.0. The molecule has 1 aliphatic heterocycles. The molecule has 0 bridgehead atoms. The summed E-state index contributed by atoms with van der Waals surface area (Å²) in [4.78, 5) is 28.2. The molecule has 1 aromatic heterocycles. The highest BCUT2D eigenvalue weighted by molar-refractivity contribution is 7.16. The molecular weight excluding hydrogens is 336 g/mol. The van der Waals surface area contributed by atoms with Gasteiger partial charge in [0.1, 0.15) is 0 Å². The van der Waals surface area contributed by atoms with Gasteiger partial charge in [-0.1, -0.05) is 18.5 Å². The van der Waals surface area contributed by atoms with Gasteiger partial charge in [-0.15, -0.1) is 11.3 Å². The molecule has 23 heavy (non-hydrogen) atoms. The largest absolute Gasteiger partial charge is 0.480 e. The van der Waals surface area contributed by atoms with Crippen molar-refractivity contribution in [2.75, 3.05) is 26.2 Å². The summed E-state index contributed by atoms with van der Waals surface area (Å²) in [5.74, 6) is -0.616. The average Bonchev–Trinajstić information content (AvgIpc) is 2.96. The lowest BCUT2D eigenvalue weighted by Gasteiger charge is -2.37. The van der Waals surface area contributed by atoms with E-state index in [4.69, 9.17) is 16.7 Å². The molecule has 1 aromatic rings. The number of likely N-dealkylation sites (N-methyl/N-ethyl adjacent to an activating group) is 1. The molecule has 2 heterocycles. The lowest BCUT2D eigenvalue weighted by atomic mass is 10.0. The summed E-state index contributed by atoms with van der Waals surface area (Å²) in [6.07, 6.45) is 2.93. The van der Waals surface area contributed by atoms with Crippen LogP contribution in [0.15, 0.2) is 12.1 Å². The van der Waals surface area contributed by atoms with Crippen molar-refractivity contribution in [1.82, 2.24) is 9.80 Å². The SMILES string of the molecule is CCN(CC(=O)O)C1CCN(C(=O)CCc2ccc(Cl)s2)CC1. The third-order valence-corrected chi connectivity index (χ3v) is 5.58. The number of halogens is 1. The molecule has 1 amide bonds. The second-order valence-electron chi connectivity index (χ2n) is 5.77. The van der Waals surface area contributed by atoms with Crippen LogP contribution in [0.2, 0.25) is 4.34 Å². The first-order valence-electron chi connectivity index (χ1n) is 7.97. The average molecular weight is 359 g/mol. The zero-order valence-corrected chi connectivity index (χ0v) is 14.9. The number of likely N-dealkylation sites (tertiary alicyclic amines) is 1. The van der Waals surface area contributed by atoms with Gasteiger partial charge in [0.25, 0.3) is 0 Å². The molecule has 0 radical (unpaired) electrons. The van der Waals surface area contributed by atoms with Gasteiger partial charge in [-0.25, -0.2) is 0 Å². The molecule has 5 nitrogen and oxygen atoms in total. The van der Waals surface area contributed by atoms with E-state index in [1.807, 2.05) is 28.9 Å². The van der Waals surface area contributed by atoms with Crippen molar-refractivity contribution in [1.29, 1.82) is 0 Å². The first-order valence-corrected chi connectivity index (χ1v) is 9.17. The van der Waals surface area contributed by atoms with Crippen LogP contribution in [0.1, 0.15) is 31.1 Å². The van der Waals surface area contributed by atoms with Gasteiger partial charge >= 0.3 is 5.97 Å². The molecule has 0 aliphatic carbocycles. The number of carbonyl (C=O) groups is 2. The number of aliphatic carboxylic acids is 1. The Morgan fingerprint density at radius 1 is 1.39 bits per heavy atom. The van der Waals surface area contributed by atoms with Crippen LogP contribution in [0.3, 0.4) is 0 Å². The number of carbonyl (C=O) groups excluding carboxylic acids is 1. The maximum absolute atomic E-state index is 12.3. The Bertz CT molecular complexity index is 541. The fourth-order valence-corrected chi connectivity index (χ4v) is 4.11. The summed E-state index contributed by atoms with van der Waals surface area (Å²) in [5.41, 5.74) is 0. The predicted octanol–water partition coefficient (Wildman–Crippen LogP) is 2.73. The molecule has 0 unspecified atom stereocenters. The Kier molecular flexibility index (Phi) is 6.87. The molecule has 2 rings (SSSR count). The fourth-order valence-electron chi connectivity index (χ4n) is 3.03. The molecule has 128 valence electrons. The summed E-state index contributed by atoms with van der Waals surface area (Å²) in [7, 11) is 0. The maximum Gasteiger partial charge on any atom is 0.317 e. The van der Waals surface area contributed by atoms with E-state index in [1.54, 1.807) is 0 Å². The number of nitrogens with zero attached hydrogens (tertiary/aromatic N) is 2. The van der Waals surface area contributed by atoms with E-state index >= 15 is 0 Å². The van der Waals surface area contributed by atoms with Crippen molar-refractivity contribution in [3.63, 3.8) is 0 Å². The lowest BCUT2D eigenvalue weighted by Crippen LogP contribution is -2.48. The molecule has 7 heteroatoms. The summed E-state index contributed by atoms with van der Waals surface area (Å²) >= 11 is 7.42. The molecule has 1 fully saturated rings. The zero-order chi connectivity index (χ0) is 16.8. The molecule has 0 aromatic carbocycles. The van der Waals surface area contributed by atoms with Crippen LogP contribution >= 0.6 is 22.9 Å². The zero-order valence-electron chi connectivity index (χ0n) is 13.3. The summed E-state index contributed by atoms with van der Waals surface area (Å²) in [6.45, 7) is 4.21. The van der Waals surface area contributed by atoms with Crippen LogP contribution in [-0.2, 0) is 16.0 Å². The number of amides is 1. The molecule has 0 atom stereocenters. The number of thiophene rings is 1. The van der Waals surface area contributed by atoms with E-state index < -0.39 is 5.97 Å². The lowest BCUT2D eigenvalue weighted by molar-refractivity contribution is -0.140. The Morgan fingerprint density at radius 2 is 2.09 bits per heavy atom. The fraction of sp³-hybridized carbons (Fsp3) is 0.625. The second kappa shape index (κ2) is 8.66. The molecule has 1 aliphatic rings. The first kappa shape index (κ1) is 18.2. The Hall–Kier alpha value is -1.11. The van der Waals surface area contributed by atoms with E-state index in [2.05, 4.69) is 0 Å². The van der Waals surface area contributed by atoms with Gasteiger partial charge in [-0.05, 0) is 37.9 Å². The van der Waals surface area contributed by atoms with E-state index in [9.17, 15) is 9.59 Å². The number of piperidine rings is 1. The van der Waals surface area contributed by atoms with Gasteiger partial charge < -0.3 is 10.0 Å². The Balaban J connectivity index is 1.76. The molecule has 0 spiro atoms. The van der Waals surface area contributed by atoms with Crippen molar-refractivity contribution in [2.24, 2.45) is 0 Å². The normalized spacial score (nSPS) is 16.0. The number of carboxylic acid groups (broad SMARTS) is 1. The highest BCUT2D eigenvalue weighted by atomic mass is 35.5. The van der Waals surface area contributed by atoms with Crippen molar-refractivity contribution in [2.45, 2.75) is 38.6 Å². The van der Waals surface area contributed by atoms with Crippen molar-refractivity contribution in [3.05, 3.63) is 21.3 Å². The molecule has 0 saturated carbocycles. The quantitative estimate of drug-likeness (QED) is 0.814. The predicted molar refractivity (Wildman–Crippen MR) is 92.1 cm³/mol. The molecular formula is C16H23ClN2O3S. The highest BCUT2D eigenvalue weighted by Gasteiger charge is 2.27. The minimum Gasteiger partial charge on any atom is -0.480 e. The van der Waals surface area contributed by atoms with Crippen LogP contribution in [0.25, 0.3) is 0 Å². The highest BCUT2D eigenvalue weighted by Crippen LogP contribution is 2.23. The van der Waals surface area contributed by atoms with Crippen molar-refractivity contribution >= 4 is 34.8 Å². The Morgan fingerprint density at radius 3 is 2.61 bits per heavy atom. The van der Waals surface area contributed by atoms with Gasteiger partial charge in [0, 0.05) is 30.4 Å². The summed E-state index contributed by atoms with van der Waals surface area (Å²) in [5, 5.41) is 8.95. The number of hydrogen-bond donors (Lipinski definition) is 1. The third kappa shape index (κ3) is 5.48. The van der Waals surface area contributed by atoms with Crippen molar-refractivity contribution < 1.29 is 14.7 Å². The summed E-state index contributed by atoms with van der Waals surface area (Å²) < 4.78 is 0.756. The van der Waals surface area contributed by atoms with Crippen LogP contribution in [0.4, 0.5) is 0 Å². The second-order valence-corrected chi connectivity index (χ2v) is 7.57. The van der Waals surface area contributed by atoms with Crippen molar-refractivity contribution in [3.8, 4) is 0 Å². The van der Waals surface area contributed by atoms with E-state index in [0.717, 1.165) is 35.0 Å². The van der Waals surface area contributed by atoms with E-state index in [0.29, 0.717) is 19.5 Å². The van der Waals surface area contributed by atoms with Gasteiger partial charge in [0.15, 0.2) is 0 Å². The number of aryl methyl sites for hydroxylation is 1. The van der Waals surface area contributed by atoms with E-state index in [-0.39, 0.29) is 18.5 Å². The van der Waals surface area contributed by atoms with Gasteiger partial charge in [0.05, 0.1) is 10.9 Å². The maximum atomic E-state index is 12.3. The molecule has 1 saturated heterocycles. The number of carboxylic acids is 1. The minimum absolute atomic E-state index is 0.0776. The molecule has 1 N–H and O–H groups in total. The Labute approximate surface area is 145 Å². The third-order valence-electron chi connectivity index (χ3n) is 4.29. The van der Waals surface area contributed by atoms with Crippen LogP contribution in [0, 0.1) is 0 Å². The van der Waals surface area contributed by atoms with Crippen LogP contribution in [-0.4, -0.2) is 59.0 Å². The standard InChI is InChI=1S/C16H23ClN2O3S/c1-2-18(11-16(21)22)12-7-9-19(10-8-12)15(20)6-4-13-3-5-14(17)23-13/h3,5,12H,2,4,6-11H2,1H3,(H,21,22). The number of rotatable bonds is 7. The number of hydrogen-bond acceptors (Lipinski definition) is 4. The van der Waals surface area contributed by atoms with Crippen LogP contribution < -0.4 is 0 Å². The van der Waals surface area contributed by atoms with E-state index in [1.165, 1.54) is 11.3 Å². The van der Waals surface area contributed by atoms with Gasteiger partial charge in [0.2, 0.25) is 5.91 Å².